The molecule has 0 spiro atoms. The van der Waals surface area contributed by atoms with E-state index in [2.05, 4.69) is 0 Å². The minimum absolute atomic E-state index is 0.0418. The Morgan fingerprint density at radius 3 is 1.07 bits per heavy atom. The van der Waals surface area contributed by atoms with Gasteiger partial charge in [0, 0.05) is 10.8 Å². The lowest BCUT2D eigenvalue weighted by Gasteiger charge is -2.17. The number of rotatable bonds is 0. The summed E-state index contributed by atoms with van der Waals surface area (Å²) in [4.78, 5) is 23.0. The molecule has 0 fully saturated rings. The van der Waals surface area contributed by atoms with Crippen LogP contribution in [0.4, 0.5) is 0 Å². The molecule has 0 aromatic heterocycles. The zero-order valence-electron chi connectivity index (χ0n) is 9.63. The fraction of sp³-hybridized carbons (Fsp3) is 0.800. The number of hydrogen-bond donors (Lipinski definition) is 0. The summed E-state index contributed by atoms with van der Waals surface area (Å²) in [5.74, 6) is 0. The minimum Gasteiger partial charge on any atom is -0.286 e. The van der Waals surface area contributed by atoms with E-state index in [1.807, 2.05) is 41.5 Å². The molecule has 0 atom stereocenters. The largest absolute Gasteiger partial charge is 0.286 e. The predicted octanol–water partition coefficient (Wildman–Crippen LogP) is 3.51. The molecule has 0 aromatic carbocycles. The van der Waals surface area contributed by atoms with Crippen molar-refractivity contribution < 1.29 is 9.59 Å². The highest BCUT2D eigenvalue weighted by Gasteiger charge is 2.27. The first-order chi connectivity index (χ1) is 6.05. The average Bonchev–Trinajstić information content (AvgIpc) is 1.95. The Morgan fingerprint density at radius 1 is 0.714 bits per heavy atom. The maximum atomic E-state index is 11.5. The molecule has 0 saturated carbocycles. The minimum atomic E-state index is -0.379. The van der Waals surface area contributed by atoms with Gasteiger partial charge in [0.05, 0.1) is 0 Å². The molecule has 0 rings (SSSR count). The summed E-state index contributed by atoms with van der Waals surface area (Å²) in [7, 11) is 2.09. The average molecular weight is 234 g/mol. The standard InChI is InChI=1S/C10H18O2S2/c1-9(2,3)7(11)13-14-8(12)10(4,5)6/h1-6H3. The second-order valence-electron chi connectivity index (χ2n) is 5.24. The molecular formula is C10H18O2S2. The Morgan fingerprint density at radius 2 is 0.929 bits per heavy atom. The molecule has 0 aliphatic rings. The maximum absolute atomic E-state index is 11.5. The SMILES string of the molecule is CC(C)(C)C(=O)SSC(=O)C(C)(C)C. The Hall–Kier alpha value is 0.0400. The second kappa shape index (κ2) is 4.71. The van der Waals surface area contributed by atoms with Crippen molar-refractivity contribution in [3.8, 4) is 0 Å². The van der Waals surface area contributed by atoms with Crippen molar-refractivity contribution in [1.82, 2.24) is 0 Å². The Balaban J connectivity index is 4.10. The zero-order valence-corrected chi connectivity index (χ0v) is 11.3. The van der Waals surface area contributed by atoms with E-state index in [1.165, 1.54) is 0 Å². The smallest absolute Gasteiger partial charge is 0.205 e. The van der Waals surface area contributed by atoms with Crippen LogP contribution in [-0.2, 0) is 9.59 Å². The van der Waals surface area contributed by atoms with E-state index in [9.17, 15) is 9.59 Å². The van der Waals surface area contributed by atoms with E-state index in [0.717, 1.165) is 21.6 Å². The summed E-state index contributed by atoms with van der Waals surface area (Å²) >= 11 is 0. The molecule has 0 radical (unpaired) electrons. The molecule has 0 unspecified atom stereocenters. The van der Waals surface area contributed by atoms with Crippen molar-refractivity contribution in [3.63, 3.8) is 0 Å². The van der Waals surface area contributed by atoms with Gasteiger partial charge in [-0.2, -0.15) is 0 Å². The molecule has 0 heterocycles. The van der Waals surface area contributed by atoms with Gasteiger partial charge in [0.2, 0.25) is 10.2 Å². The summed E-state index contributed by atoms with van der Waals surface area (Å²) in [6, 6.07) is 0. The molecule has 0 bridgehead atoms. The van der Waals surface area contributed by atoms with Crippen molar-refractivity contribution in [2.75, 3.05) is 0 Å². The van der Waals surface area contributed by atoms with E-state index in [0.29, 0.717) is 0 Å². The monoisotopic (exact) mass is 234 g/mol. The molecule has 0 N–H and O–H groups in total. The van der Waals surface area contributed by atoms with Gasteiger partial charge in [-0.25, -0.2) is 0 Å². The molecule has 0 aromatic rings. The van der Waals surface area contributed by atoms with Gasteiger partial charge in [0.25, 0.3) is 0 Å². The molecule has 0 aliphatic heterocycles. The number of hydrogen-bond acceptors (Lipinski definition) is 4. The van der Waals surface area contributed by atoms with Crippen LogP contribution in [0, 0.1) is 10.8 Å². The van der Waals surface area contributed by atoms with Crippen LogP contribution in [0.25, 0.3) is 0 Å². The molecule has 0 saturated heterocycles. The quantitative estimate of drug-likeness (QED) is 0.601. The van der Waals surface area contributed by atoms with Crippen LogP contribution >= 0.6 is 21.6 Å². The van der Waals surface area contributed by atoms with Gasteiger partial charge >= 0.3 is 0 Å². The summed E-state index contributed by atoms with van der Waals surface area (Å²) < 4.78 is 0. The molecule has 82 valence electrons. The van der Waals surface area contributed by atoms with Crippen LogP contribution in [0.3, 0.4) is 0 Å². The van der Waals surface area contributed by atoms with E-state index < -0.39 is 0 Å². The second-order valence-corrected chi connectivity index (χ2v) is 7.32. The molecule has 0 amide bonds. The van der Waals surface area contributed by atoms with Crippen LogP contribution in [-0.4, -0.2) is 10.2 Å². The lowest BCUT2D eigenvalue weighted by Crippen LogP contribution is -2.18. The maximum Gasteiger partial charge on any atom is 0.205 e. The number of carbonyl (C=O) groups excluding carboxylic acids is 2. The van der Waals surface area contributed by atoms with Gasteiger partial charge in [0.15, 0.2) is 0 Å². The molecule has 14 heavy (non-hydrogen) atoms. The van der Waals surface area contributed by atoms with Gasteiger partial charge in [-0.05, 0) is 21.6 Å². The first kappa shape index (κ1) is 14.0. The highest BCUT2D eigenvalue weighted by atomic mass is 33.1. The Labute approximate surface area is 94.0 Å². The van der Waals surface area contributed by atoms with Gasteiger partial charge in [0.1, 0.15) is 0 Å². The molecule has 4 heteroatoms. The molecule has 0 aliphatic carbocycles. The van der Waals surface area contributed by atoms with Crippen molar-refractivity contribution >= 4 is 31.8 Å². The molecular weight excluding hydrogens is 216 g/mol. The van der Waals surface area contributed by atoms with Gasteiger partial charge in [-0.15, -0.1) is 0 Å². The van der Waals surface area contributed by atoms with Gasteiger partial charge in [-0.1, -0.05) is 41.5 Å². The van der Waals surface area contributed by atoms with Crippen molar-refractivity contribution in [2.45, 2.75) is 41.5 Å². The van der Waals surface area contributed by atoms with Crippen LogP contribution < -0.4 is 0 Å². The van der Waals surface area contributed by atoms with Crippen molar-refractivity contribution in [3.05, 3.63) is 0 Å². The summed E-state index contributed by atoms with van der Waals surface area (Å²) in [5.41, 5.74) is -0.758. The first-order valence-corrected chi connectivity index (χ1v) is 6.63. The van der Waals surface area contributed by atoms with E-state index in [4.69, 9.17) is 0 Å². The van der Waals surface area contributed by atoms with Crippen LogP contribution in [0.5, 0.6) is 0 Å². The summed E-state index contributed by atoms with van der Waals surface area (Å²) in [5, 5.41) is 0.0835. The summed E-state index contributed by atoms with van der Waals surface area (Å²) in [6.45, 7) is 11.1. The first-order valence-electron chi connectivity index (χ1n) is 4.48. The van der Waals surface area contributed by atoms with Crippen LogP contribution in [0.2, 0.25) is 0 Å². The highest BCUT2D eigenvalue weighted by Crippen LogP contribution is 2.36. The lowest BCUT2D eigenvalue weighted by molar-refractivity contribution is -0.118. The Bertz CT molecular complexity index is 207. The van der Waals surface area contributed by atoms with Crippen LogP contribution in [0.1, 0.15) is 41.5 Å². The lowest BCUT2D eigenvalue weighted by atomic mass is 9.99. The topological polar surface area (TPSA) is 34.1 Å². The van der Waals surface area contributed by atoms with Crippen molar-refractivity contribution in [1.29, 1.82) is 0 Å². The van der Waals surface area contributed by atoms with E-state index >= 15 is 0 Å². The fourth-order valence-electron chi connectivity index (χ4n) is 0.326. The van der Waals surface area contributed by atoms with Gasteiger partial charge < -0.3 is 0 Å². The van der Waals surface area contributed by atoms with Crippen molar-refractivity contribution in [2.24, 2.45) is 10.8 Å². The van der Waals surface area contributed by atoms with E-state index in [-0.39, 0.29) is 21.1 Å². The Kier molecular flexibility index (Phi) is 4.72. The van der Waals surface area contributed by atoms with Gasteiger partial charge in [-0.3, -0.25) is 9.59 Å². The fourth-order valence-corrected chi connectivity index (χ4v) is 2.93. The zero-order chi connectivity index (χ0) is 11.6. The third-order valence-corrected chi connectivity index (χ3v) is 4.19. The third-order valence-electron chi connectivity index (χ3n) is 1.42. The number of carbonyl (C=O) groups is 2. The molecule has 2 nitrogen and oxygen atoms in total. The van der Waals surface area contributed by atoms with Crippen LogP contribution in [0.15, 0.2) is 0 Å². The highest BCUT2D eigenvalue weighted by molar-refractivity contribution is 8.87. The normalized spacial score (nSPS) is 12.7. The third kappa shape index (κ3) is 5.05. The summed E-state index contributed by atoms with van der Waals surface area (Å²) in [6.07, 6.45) is 0. The van der Waals surface area contributed by atoms with E-state index in [1.54, 1.807) is 0 Å². The predicted molar refractivity (Wildman–Crippen MR) is 64.1 cm³/mol.